The molecule has 2 unspecified atom stereocenters. The van der Waals surface area contributed by atoms with Gasteiger partial charge >= 0.3 is 0 Å². The molecule has 1 fully saturated rings. The lowest BCUT2D eigenvalue weighted by atomic mass is 9.99. The van der Waals surface area contributed by atoms with E-state index in [-0.39, 0.29) is 0 Å². The molecular formula is C14H20N4. The number of rotatable bonds is 2. The van der Waals surface area contributed by atoms with Crippen LogP contribution in [0.3, 0.4) is 0 Å². The summed E-state index contributed by atoms with van der Waals surface area (Å²) in [5.41, 5.74) is 9.42. The number of likely N-dealkylation sites (tertiary alicyclic amines) is 1. The zero-order valence-electron chi connectivity index (χ0n) is 11.0. The summed E-state index contributed by atoms with van der Waals surface area (Å²) in [6, 6.07) is 7.10. The molecule has 2 atom stereocenters. The van der Waals surface area contributed by atoms with Crippen LogP contribution in [-0.4, -0.2) is 34.6 Å². The Hall–Kier alpha value is -1.39. The molecule has 4 nitrogen and oxygen atoms in total. The number of benzene rings is 1. The minimum Gasteiger partial charge on any atom is -0.334 e. The van der Waals surface area contributed by atoms with Crippen molar-refractivity contribution in [3.05, 3.63) is 30.1 Å². The van der Waals surface area contributed by atoms with Crippen LogP contribution in [0.4, 0.5) is 0 Å². The second kappa shape index (κ2) is 4.37. The number of aromatic nitrogens is 2. The molecule has 2 heterocycles. The molecule has 4 heteroatoms. The number of aryl methyl sites for hydroxylation is 1. The van der Waals surface area contributed by atoms with Gasteiger partial charge in [0, 0.05) is 19.6 Å². The van der Waals surface area contributed by atoms with Crippen LogP contribution in [0, 0.1) is 5.92 Å². The van der Waals surface area contributed by atoms with Crippen LogP contribution in [0.2, 0.25) is 0 Å². The first kappa shape index (κ1) is 11.7. The SMILES string of the molecule is CN1CC(CN)CC1c1ccc2c(c1)ncn2C. The first-order valence-electron chi connectivity index (χ1n) is 6.50. The maximum Gasteiger partial charge on any atom is 0.0955 e. The second-order valence-electron chi connectivity index (χ2n) is 5.40. The molecule has 1 saturated heterocycles. The van der Waals surface area contributed by atoms with E-state index >= 15 is 0 Å². The Labute approximate surface area is 107 Å². The van der Waals surface area contributed by atoms with E-state index < -0.39 is 0 Å². The summed E-state index contributed by atoms with van der Waals surface area (Å²) in [5, 5.41) is 0. The number of hydrogen-bond donors (Lipinski definition) is 1. The van der Waals surface area contributed by atoms with Gasteiger partial charge in [0.1, 0.15) is 0 Å². The molecule has 96 valence electrons. The first-order valence-corrected chi connectivity index (χ1v) is 6.50. The van der Waals surface area contributed by atoms with E-state index in [1.54, 1.807) is 0 Å². The molecule has 1 aromatic carbocycles. The molecule has 18 heavy (non-hydrogen) atoms. The molecule has 0 radical (unpaired) electrons. The Morgan fingerprint density at radius 2 is 2.22 bits per heavy atom. The summed E-state index contributed by atoms with van der Waals surface area (Å²) in [5.74, 6) is 0.624. The first-order chi connectivity index (χ1) is 8.69. The van der Waals surface area contributed by atoms with Gasteiger partial charge in [-0.3, -0.25) is 4.90 Å². The van der Waals surface area contributed by atoms with Crippen molar-refractivity contribution in [1.82, 2.24) is 14.5 Å². The lowest BCUT2D eigenvalue weighted by Crippen LogP contribution is -2.20. The highest BCUT2D eigenvalue weighted by Crippen LogP contribution is 2.34. The van der Waals surface area contributed by atoms with Crippen molar-refractivity contribution >= 4 is 11.0 Å². The average molecular weight is 244 g/mol. The molecule has 2 aromatic rings. The van der Waals surface area contributed by atoms with E-state index in [4.69, 9.17) is 5.73 Å². The van der Waals surface area contributed by atoms with Gasteiger partial charge in [0.05, 0.1) is 17.4 Å². The molecule has 0 amide bonds. The van der Waals surface area contributed by atoms with Crippen molar-refractivity contribution in [3.63, 3.8) is 0 Å². The summed E-state index contributed by atoms with van der Waals surface area (Å²) in [4.78, 5) is 6.84. The van der Waals surface area contributed by atoms with Crippen molar-refractivity contribution in [3.8, 4) is 0 Å². The van der Waals surface area contributed by atoms with Crippen LogP contribution in [0.5, 0.6) is 0 Å². The van der Waals surface area contributed by atoms with Crippen LogP contribution in [0.25, 0.3) is 11.0 Å². The fourth-order valence-electron chi connectivity index (χ4n) is 3.03. The molecule has 0 saturated carbocycles. The van der Waals surface area contributed by atoms with Gasteiger partial charge in [-0.15, -0.1) is 0 Å². The molecule has 1 aromatic heterocycles. The second-order valence-corrected chi connectivity index (χ2v) is 5.40. The molecule has 2 N–H and O–H groups in total. The predicted octanol–water partition coefficient (Wildman–Crippen LogP) is 1.52. The molecule has 1 aliphatic rings. The lowest BCUT2D eigenvalue weighted by molar-refractivity contribution is 0.314. The Kier molecular flexibility index (Phi) is 2.84. The quantitative estimate of drug-likeness (QED) is 0.871. The highest BCUT2D eigenvalue weighted by Gasteiger charge is 2.29. The minimum atomic E-state index is 0.491. The number of imidazole rings is 1. The number of fused-ring (bicyclic) bond motifs is 1. The van der Waals surface area contributed by atoms with Crippen LogP contribution >= 0.6 is 0 Å². The smallest absolute Gasteiger partial charge is 0.0955 e. The molecule has 0 aliphatic carbocycles. The molecule has 0 bridgehead atoms. The van der Waals surface area contributed by atoms with Gasteiger partial charge in [0.2, 0.25) is 0 Å². The van der Waals surface area contributed by atoms with Gasteiger partial charge in [-0.1, -0.05) is 6.07 Å². The van der Waals surface area contributed by atoms with E-state index in [0.717, 1.165) is 25.0 Å². The maximum atomic E-state index is 5.79. The lowest BCUT2D eigenvalue weighted by Gasteiger charge is -2.19. The Balaban J connectivity index is 1.94. The third kappa shape index (κ3) is 1.82. The predicted molar refractivity (Wildman–Crippen MR) is 73.2 cm³/mol. The van der Waals surface area contributed by atoms with Gasteiger partial charge in [0.15, 0.2) is 0 Å². The highest BCUT2D eigenvalue weighted by molar-refractivity contribution is 5.76. The van der Waals surface area contributed by atoms with Gasteiger partial charge < -0.3 is 10.3 Å². The number of nitrogens with zero attached hydrogens (tertiary/aromatic N) is 3. The molecule has 3 rings (SSSR count). The summed E-state index contributed by atoms with van der Waals surface area (Å²) < 4.78 is 2.06. The summed E-state index contributed by atoms with van der Waals surface area (Å²) in [6.45, 7) is 1.88. The van der Waals surface area contributed by atoms with Crippen LogP contribution < -0.4 is 5.73 Å². The maximum absolute atomic E-state index is 5.79. The Bertz CT molecular complexity index is 560. The average Bonchev–Trinajstić information content (AvgIpc) is 2.93. The van der Waals surface area contributed by atoms with Crippen molar-refractivity contribution in [2.75, 3.05) is 20.1 Å². The van der Waals surface area contributed by atoms with Gasteiger partial charge in [0.25, 0.3) is 0 Å². The monoisotopic (exact) mass is 244 g/mol. The summed E-state index contributed by atoms with van der Waals surface area (Å²) >= 11 is 0. The summed E-state index contributed by atoms with van der Waals surface area (Å²) in [7, 11) is 4.21. The van der Waals surface area contributed by atoms with E-state index in [2.05, 4.69) is 39.7 Å². The number of nitrogens with two attached hydrogens (primary N) is 1. The zero-order chi connectivity index (χ0) is 12.7. The Morgan fingerprint density at radius 1 is 1.39 bits per heavy atom. The third-order valence-corrected chi connectivity index (χ3v) is 4.10. The van der Waals surface area contributed by atoms with E-state index in [1.165, 1.54) is 11.1 Å². The zero-order valence-corrected chi connectivity index (χ0v) is 11.0. The normalized spacial score (nSPS) is 25.1. The fraction of sp³-hybridized carbons (Fsp3) is 0.500. The third-order valence-electron chi connectivity index (χ3n) is 4.10. The topological polar surface area (TPSA) is 47.1 Å². The molecule has 0 spiro atoms. The van der Waals surface area contributed by atoms with Gasteiger partial charge in [-0.25, -0.2) is 4.98 Å². The Morgan fingerprint density at radius 3 is 2.94 bits per heavy atom. The van der Waals surface area contributed by atoms with E-state index in [1.807, 2.05) is 13.4 Å². The van der Waals surface area contributed by atoms with Crippen molar-refractivity contribution in [2.24, 2.45) is 18.7 Å². The minimum absolute atomic E-state index is 0.491. The van der Waals surface area contributed by atoms with E-state index in [9.17, 15) is 0 Å². The van der Waals surface area contributed by atoms with Gasteiger partial charge in [-0.05, 0) is 43.6 Å². The van der Waals surface area contributed by atoms with Gasteiger partial charge in [-0.2, -0.15) is 0 Å². The van der Waals surface area contributed by atoms with Crippen molar-refractivity contribution in [2.45, 2.75) is 12.5 Å². The molecular weight excluding hydrogens is 224 g/mol. The van der Waals surface area contributed by atoms with Crippen LogP contribution in [0.15, 0.2) is 24.5 Å². The largest absolute Gasteiger partial charge is 0.334 e. The van der Waals surface area contributed by atoms with Crippen molar-refractivity contribution in [1.29, 1.82) is 0 Å². The van der Waals surface area contributed by atoms with Crippen molar-refractivity contribution < 1.29 is 0 Å². The van der Waals surface area contributed by atoms with E-state index in [0.29, 0.717) is 12.0 Å². The fourth-order valence-corrected chi connectivity index (χ4v) is 3.03. The summed E-state index contributed by atoms with van der Waals surface area (Å²) in [6.07, 6.45) is 3.03. The van der Waals surface area contributed by atoms with Crippen LogP contribution in [-0.2, 0) is 7.05 Å². The standard InChI is InChI=1S/C14H20N4/c1-17-8-10(7-15)5-14(17)11-3-4-13-12(6-11)16-9-18(13)2/h3-4,6,9-10,14H,5,7-8,15H2,1-2H3. The van der Waals surface area contributed by atoms with Crippen LogP contribution in [0.1, 0.15) is 18.0 Å². The number of hydrogen-bond acceptors (Lipinski definition) is 3. The molecule has 1 aliphatic heterocycles. The highest BCUT2D eigenvalue weighted by atomic mass is 15.2.